The molecule has 0 unspecified atom stereocenters. The summed E-state index contributed by atoms with van der Waals surface area (Å²) in [6, 6.07) is 2.83. The number of aromatic nitrogens is 3. The van der Waals surface area contributed by atoms with Crippen LogP contribution in [0.3, 0.4) is 0 Å². The zero-order valence-corrected chi connectivity index (χ0v) is 25.5. The van der Waals surface area contributed by atoms with Gasteiger partial charge in [0.25, 0.3) is 0 Å². The van der Waals surface area contributed by atoms with Gasteiger partial charge in [-0.1, -0.05) is 6.58 Å². The third-order valence-corrected chi connectivity index (χ3v) is 9.58. The molecule has 43 heavy (non-hydrogen) atoms. The summed E-state index contributed by atoms with van der Waals surface area (Å²) >= 11 is 0. The number of pyridine rings is 1. The summed E-state index contributed by atoms with van der Waals surface area (Å²) in [5.41, 5.74) is 5.96. The van der Waals surface area contributed by atoms with E-state index in [4.69, 9.17) is 14.7 Å². The highest BCUT2D eigenvalue weighted by molar-refractivity contribution is 5.87. The summed E-state index contributed by atoms with van der Waals surface area (Å²) in [5.74, 6) is 0.743. The van der Waals surface area contributed by atoms with Crippen LogP contribution in [0.4, 0.5) is 17.2 Å². The van der Waals surface area contributed by atoms with Gasteiger partial charge in [0.15, 0.2) is 0 Å². The first-order valence-electron chi connectivity index (χ1n) is 15.7. The lowest BCUT2D eigenvalue weighted by atomic mass is 10.0. The lowest BCUT2D eigenvalue weighted by Gasteiger charge is -2.41. The Morgan fingerprint density at radius 3 is 2.70 bits per heavy atom. The van der Waals surface area contributed by atoms with Crippen LogP contribution in [0, 0.1) is 11.3 Å². The molecule has 0 saturated carbocycles. The largest absolute Gasteiger partial charge is 0.462 e. The van der Waals surface area contributed by atoms with E-state index in [9.17, 15) is 10.1 Å². The number of hydrogen-bond donors (Lipinski definition) is 0. The molecule has 2 aromatic heterocycles. The Morgan fingerprint density at radius 2 is 1.91 bits per heavy atom. The molecule has 2 fully saturated rings. The van der Waals surface area contributed by atoms with Gasteiger partial charge in [-0.3, -0.25) is 9.78 Å². The molecule has 6 heterocycles. The van der Waals surface area contributed by atoms with Crippen LogP contribution in [0.1, 0.15) is 42.5 Å². The molecule has 228 valence electrons. The molecule has 0 spiro atoms. The van der Waals surface area contributed by atoms with Gasteiger partial charge in [0.05, 0.1) is 41.8 Å². The normalized spacial score (nSPS) is 22.4. The molecule has 0 bridgehead atoms. The number of rotatable bonds is 7. The number of ether oxygens (including phenoxy) is 1. The van der Waals surface area contributed by atoms with Crippen molar-refractivity contribution in [3.8, 4) is 12.1 Å². The molecule has 1 amide bonds. The van der Waals surface area contributed by atoms with Crippen LogP contribution in [0.2, 0.25) is 0 Å². The van der Waals surface area contributed by atoms with Gasteiger partial charge in [-0.05, 0) is 57.3 Å². The van der Waals surface area contributed by atoms with Crippen LogP contribution in [-0.4, -0.2) is 109 Å². The molecule has 2 aromatic rings. The summed E-state index contributed by atoms with van der Waals surface area (Å²) in [6.45, 7) is 9.70. The zero-order chi connectivity index (χ0) is 29.9. The minimum absolute atomic E-state index is 0.133. The number of amides is 1. The topological polar surface area (TPSA) is 105 Å². The molecule has 0 aliphatic carbocycles. The van der Waals surface area contributed by atoms with Gasteiger partial charge in [0, 0.05) is 70.5 Å². The lowest BCUT2D eigenvalue weighted by Crippen LogP contribution is -2.55. The maximum Gasteiger partial charge on any atom is 0.318 e. The highest BCUT2D eigenvalue weighted by Crippen LogP contribution is 2.37. The number of carbonyl (C=O) groups is 1. The first kappa shape index (κ1) is 29.2. The van der Waals surface area contributed by atoms with Gasteiger partial charge in [0.2, 0.25) is 5.91 Å². The third-order valence-electron chi connectivity index (χ3n) is 9.58. The van der Waals surface area contributed by atoms with Crippen molar-refractivity contribution in [2.24, 2.45) is 0 Å². The average Bonchev–Trinajstić information content (AvgIpc) is 3.31. The summed E-state index contributed by atoms with van der Waals surface area (Å²) in [7, 11) is 4.32. The fourth-order valence-electron chi connectivity index (χ4n) is 7.18. The fourth-order valence-corrected chi connectivity index (χ4v) is 7.18. The first-order chi connectivity index (χ1) is 21.0. The standard InChI is InChI=1S/C32H43N9O2/c1-4-29(42)41-18-17-40(21-24(41)9-12-33)31-26-10-15-39(28-20-34-19-23-7-5-14-38(3)30(23)28)16-11-27(26)35-32(36-31)43-22-25-8-6-13-37(25)2/h4,19-20,24-25H,1,5-11,13-18,21-22H2,2-3H3/t24-,25-/m0/s1. The SMILES string of the molecule is C=CC(=O)N1CCN(c2nc(OC[C@@H]3CCCN3C)nc3c2CCN(c2cncc4c2N(C)CCC4)CC3)C[C@@H]1CC#N. The molecule has 11 heteroatoms. The van der Waals surface area contributed by atoms with Crippen molar-refractivity contribution in [2.45, 2.75) is 57.0 Å². The average molecular weight is 586 g/mol. The number of anilines is 3. The van der Waals surface area contributed by atoms with Crippen molar-refractivity contribution < 1.29 is 9.53 Å². The predicted octanol–water partition coefficient (Wildman–Crippen LogP) is 2.45. The number of aryl methyl sites for hydroxylation is 1. The van der Waals surface area contributed by atoms with Crippen molar-refractivity contribution in [1.29, 1.82) is 5.26 Å². The number of likely N-dealkylation sites (tertiary alicyclic amines) is 1. The Balaban J connectivity index is 1.30. The van der Waals surface area contributed by atoms with E-state index in [1.807, 2.05) is 12.4 Å². The molecular formula is C32H43N9O2. The molecule has 4 aliphatic rings. The van der Waals surface area contributed by atoms with Crippen molar-refractivity contribution in [3.05, 3.63) is 41.9 Å². The highest BCUT2D eigenvalue weighted by Gasteiger charge is 2.33. The summed E-state index contributed by atoms with van der Waals surface area (Å²) < 4.78 is 6.30. The van der Waals surface area contributed by atoms with Crippen LogP contribution >= 0.6 is 0 Å². The molecule has 2 atom stereocenters. The van der Waals surface area contributed by atoms with Crippen molar-refractivity contribution in [3.63, 3.8) is 0 Å². The summed E-state index contributed by atoms with van der Waals surface area (Å²) in [4.78, 5) is 38.4. The molecule has 4 aliphatic heterocycles. The van der Waals surface area contributed by atoms with Crippen LogP contribution in [0.15, 0.2) is 25.0 Å². The van der Waals surface area contributed by atoms with Gasteiger partial charge in [-0.2, -0.15) is 15.2 Å². The predicted molar refractivity (Wildman–Crippen MR) is 167 cm³/mol. The van der Waals surface area contributed by atoms with Gasteiger partial charge in [-0.25, -0.2) is 0 Å². The van der Waals surface area contributed by atoms with E-state index in [1.54, 1.807) is 4.90 Å². The fraction of sp³-hybridized carbons (Fsp3) is 0.594. The molecule has 0 aromatic carbocycles. The van der Waals surface area contributed by atoms with E-state index >= 15 is 0 Å². The zero-order valence-electron chi connectivity index (χ0n) is 25.5. The number of piperazine rings is 1. The van der Waals surface area contributed by atoms with Gasteiger partial charge >= 0.3 is 6.01 Å². The molecule has 11 nitrogen and oxygen atoms in total. The molecular weight excluding hydrogens is 542 g/mol. The van der Waals surface area contributed by atoms with Gasteiger partial charge in [0.1, 0.15) is 12.4 Å². The number of hydrogen-bond acceptors (Lipinski definition) is 10. The van der Waals surface area contributed by atoms with E-state index in [2.05, 4.69) is 51.3 Å². The van der Waals surface area contributed by atoms with Crippen LogP contribution < -0.4 is 19.4 Å². The number of likely N-dealkylation sites (N-methyl/N-ethyl adjacent to an activating group) is 1. The van der Waals surface area contributed by atoms with Gasteiger partial charge in [-0.15, -0.1) is 0 Å². The number of nitrogens with zero attached hydrogens (tertiary/aromatic N) is 9. The van der Waals surface area contributed by atoms with Crippen LogP contribution in [-0.2, 0) is 24.1 Å². The van der Waals surface area contributed by atoms with E-state index in [0.717, 1.165) is 75.4 Å². The maximum absolute atomic E-state index is 12.6. The van der Waals surface area contributed by atoms with E-state index in [-0.39, 0.29) is 18.4 Å². The summed E-state index contributed by atoms with van der Waals surface area (Å²) in [6.07, 6.45) is 11.7. The molecule has 0 N–H and O–H groups in total. The number of nitriles is 1. The third kappa shape index (κ3) is 5.98. The monoisotopic (exact) mass is 585 g/mol. The Hall–Kier alpha value is -3.91. The first-order valence-corrected chi connectivity index (χ1v) is 15.7. The summed E-state index contributed by atoms with van der Waals surface area (Å²) in [5, 5.41) is 9.56. The molecule has 2 saturated heterocycles. The second-order valence-electron chi connectivity index (χ2n) is 12.2. The van der Waals surface area contributed by atoms with E-state index < -0.39 is 0 Å². The number of carbonyl (C=O) groups excluding carboxylic acids is 1. The van der Waals surface area contributed by atoms with Crippen molar-refractivity contribution in [2.75, 3.05) is 81.2 Å². The van der Waals surface area contributed by atoms with Crippen molar-refractivity contribution in [1.82, 2.24) is 24.8 Å². The Kier molecular flexibility index (Phi) is 8.66. The smallest absolute Gasteiger partial charge is 0.318 e. The minimum Gasteiger partial charge on any atom is -0.462 e. The van der Waals surface area contributed by atoms with E-state index in [0.29, 0.717) is 38.3 Å². The Morgan fingerprint density at radius 1 is 1.05 bits per heavy atom. The quantitative estimate of drug-likeness (QED) is 0.450. The lowest BCUT2D eigenvalue weighted by molar-refractivity contribution is -0.128. The second kappa shape index (κ2) is 12.8. The Bertz CT molecular complexity index is 1390. The molecule has 0 radical (unpaired) electrons. The van der Waals surface area contributed by atoms with Crippen LogP contribution in [0.25, 0.3) is 0 Å². The number of fused-ring (bicyclic) bond motifs is 2. The van der Waals surface area contributed by atoms with E-state index in [1.165, 1.54) is 29.4 Å². The highest BCUT2D eigenvalue weighted by atomic mass is 16.5. The van der Waals surface area contributed by atoms with Crippen LogP contribution in [0.5, 0.6) is 6.01 Å². The minimum atomic E-state index is -0.230. The van der Waals surface area contributed by atoms with Crippen molar-refractivity contribution >= 4 is 23.1 Å². The second-order valence-corrected chi connectivity index (χ2v) is 12.2. The maximum atomic E-state index is 12.6. The van der Waals surface area contributed by atoms with Gasteiger partial charge < -0.3 is 29.2 Å². The Labute approximate surface area is 254 Å². The molecule has 6 rings (SSSR count).